The van der Waals surface area contributed by atoms with Crippen LogP contribution in [0.3, 0.4) is 0 Å². The number of hydrogen-bond acceptors (Lipinski definition) is 5. The smallest absolute Gasteiger partial charge is 0.296 e. The summed E-state index contributed by atoms with van der Waals surface area (Å²) in [5.41, 5.74) is 0.561. The highest BCUT2D eigenvalue weighted by Crippen LogP contribution is 2.15. The van der Waals surface area contributed by atoms with E-state index in [0.29, 0.717) is 11.7 Å². The number of nitrogens with zero attached hydrogens (tertiary/aromatic N) is 2. The first kappa shape index (κ1) is 14.0. The zero-order valence-electron chi connectivity index (χ0n) is 10.3. The van der Waals surface area contributed by atoms with Gasteiger partial charge in [0.1, 0.15) is 5.70 Å². The zero-order chi connectivity index (χ0) is 12.4. The third-order valence-corrected chi connectivity index (χ3v) is 3.75. The minimum Gasteiger partial charge on any atom is -0.340 e. The van der Waals surface area contributed by atoms with Gasteiger partial charge in [0.25, 0.3) is 5.91 Å². The molecule has 0 atom stereocenters. The maximum atomic E-state index is 11.8. The van der Waals surface area contributed by atoms with Crippen molar-refractivity contribution in [3.8, 4) is 0 Å². The summed E-state index contributed by atoms with van der Waals surface area (Å²) in [5, 5.41) is 8.38. The van der Waals surface area contributed by atoms with E-state index in [0.717, 1.165) is 31.1 Å². The van der Waals surface area contributed by atoms with Crippen LogP contribution in [0.2, 0.25) is 0 Å². The van der Waals surface area contributed by atoms with Crippen LogP contribution in [0.15, 0.2) is 28.2 Å². The number of carbonyl (C=O) groups is 1. The van der Waals surface area contributed by atoms with Crippen LogP contribution in [-0.4, -0.2) is 42.9 Å². The molecule has 1 fully saturated rings. The molecule has 7 heteroatoms. The largest absolute Gasteiger partial charge is 0.340 e. The molecular weight excluding hydrogens is 284 g/mol. The maximum absolute atomic E-state index is 11.8. The van der Waals surface area contributed by atoms with Gasteiger partial charge in [-0.1, -0.05) is 6.07 Å². The highest BCUT2D eigenvalue weighted by Gasteiger charge is 2.25. The van der Waals surface area contributed by atoms with Crippen LogP contribution in [0.1, 0.15) is 4.88 Å². The van der Waals surface area contributed by atoms with Crippen molar-refractivity contribution in [3.63, 3.8) is 0 Å². The van der Waals surface area contributed by atoms with Crippen LogP contribution in [0.5, 0.6) is 0 Å². The van der Waals surface area contributed by atoms with E-state index in [9.17, 15) is 4.79 Å². The summed E-state index contributed by atoms with van der Waals surface area (Å²) in [6, 6.07) is 3.95. The molecule has 0 unspecified atom stereocenters. The van der Waals surface area contributed by atoms with Gasteiger partial charge in [-0.3, -0.25) is 4.79 Å². The topological polar surface area (TPSA) is 56.7 Å². The summed E-state index contributed by atoms with van der Waals surface area (Å²) in [4.78, 5) is 19.0. The number of aliphatic imine (C=N–C) groups is 1. The summed E-state index contributed by atoms with van der Waals surface area (Å²) >= 11 is 1.61. The lowest BCUT2D eigenvalue weighted by atomic mass is 10.3. The van der Waals surface area contributed by atoms with Gasteiger partial charge in [0, 0.05) is 31.1 Å². The fraction of sp³-hybridized carbons (Fsp3) is 0.333. The fourth-order valence-corrected chi connectivity index (χ4v) is 2.66. The molecule has 1 aromatic heterocycles. The summed E-state index contributed by atoms with van der Waals surface area (Å²) in [6.07, 6.45) is 1.85. The Hall–Kier alpha value is -1.37. The van der Waals surface area contributed by atoms with Crippen molar-refractivity contribution in [2.75, 3.05) is 26.2 Å². The lowest BCUT2D eigenvalue weighted by Gasteiger charge is -2.28. The van der Waals surface area contributed by atoms with Gasteiger partial charge in [-0.2, -0.15) is 4.99 Å². The Morgan fingerprint density at radius 2 is 2.16 bits per heavy atom. The number of halogens is 1. The van der Waals surface area contributed by atoms with Crippen LogP contribution in [-0.2, 0) is 4.79 Å². The normalized spacial score (nSPS) is 21.1. The molecule has 0 saturated carbocycles. The number of rotatable bonds is 1. The molecule has 0 radical (unpaired) electrons. The fourth-order valence-electron chi connectivity index (χ4n) is 2.00. The van der Waals surface area contributed by atoms with Crippen LogP contribution >= 0.6 is 23.7 Å². The molecule has 1 amide bonds. The third kappa shape index (κ3) is 3.15. The van der Waals surface area contributed by atoms with E-state index in [4.69, 9.17) is 0 Å². The van der Waals surface area contributed by atoms with Gasteiger partial charge >= 0.3 is 0 Å². The Labute approximate surface area is 121 Å². The predicted octanol–water partition coefficient (Wildman–Crippen LogP) is 0.902. The Balaban J connectivity index is 0.00000133. The molecule has 1 saturated heterocycles. The summed E-state index contributed by atoms with van der Waals surface area (Å²) < 4.78 is 0. The minimum atomic E-state index is -0.183. The monoisotopic (exact) mass is 298 g/mol. The Bertz CT molecular complexity index is 506. The van der Waals surface area contributed by atoms with Gasteiger partial charge in [-0.05, 0) is 17.5 Å². The van der Waals surface area contributed by atoms with Crippen molar-refractivity contribution >= 4 is 41.7 Å². The molecule has 19 heavy (non-hydrogen) atoms. The zero-order valence-corrected chi connectivity index (χ0v) is 11.9. The first-order chi connectivity index (χ1) is 8.83. The number of guanidine groups is 1. The molecule has 2 aliphatic rings. The van der Waals surface area contributed by atoms with Gasteiger partial charge in [0.15, 0.2) is 0 Å². The number of piperazine rings is 1. The molecule has 1 aromatic rings. The highest BCUT2D eigenvalue weighted by molar-refractivity contribution is 7.10. The molecule has 3 rings (SSSR count). The molecule has 102 valence electrons. The van der Waals surface area contributed by atoms with Crippen molar-refractivity contribution in [2.45, 2.75) is 0 Å². The van der Waals surface area contributed by atoms with Gasteiger partial charge in [-0.25, -0.2) is 0 Å². The average Bonchev–Trinajstić information content (AvgIpc) is 3.02. The highest BCUT2D eigenvalue weighted by atomic mass is 35.5. The van der Waals surface area contributed by atoms with E-state index in [-0.39, 0.29) is 18.3 Å². The number of nitrogens with one attached hydrogen (secondary N) is 2. The van der Waals surface area contributed by atoms with E-state index in [1.807, 2.05) is 23.6 Å². The molecule has 0 aliphatic carbocycles. The van der Waals surface area contributed by atoms with Gasteiger partial charge in [0.2, 0.25) is 5.96 Å². The van der Waals surface area contributed by atoms with Gasteiger partial charge < -0.3 is 15.5 Å². The SMILES string of the molecule is Cl.O=C1N=C(N2CCNCC2)NC1=Cc1cccs1. The quantitative estimate of drug-likeness (QED) is 0.757. The summed E-state index contributed by atoms with van der Waals surface area (Å²) in [5.74, 6) is 0.501. The second kappa shape index (κ2) is 6.18. The molecular formula is C12H15ClN4OS. The van der Waals surface area contributed by atoms with E-state index in [1.165, 1.54) is 0 Å². The number of thiophene rings is 1. The second-order valence-corrected chi connectivity index (χ2v) is 5.16. The number of carbonyl (C=O) groups excluding carboxylic acids is 1. The molecule has 0 aromatic carbocycles. The van der Waals surface area contributed by atoms with Crippen molar-refractivity contribution < 1.29 is 4.79 Å². The summed E-state index contributed by atoms with van der Waals surface area (Å²) in [7, 11) is 0. The standard InChI is InChI=1S/C12H14N4OS.ClH/c17-11-10(8-9-2-1-7-18-9)14-12(15-11)16-5-3-13-4-6-16;/h1-2,7-8,13H,3-6H2,(H,14,15,17);1H. The van der Waals surface area contributed by atoms with Crippen LogP contribution in [0.25, 0.3) is 6.08 Å². The van der Waals surface area contributed by atoms with Crippen LogP contribution < -0.4 is 10.6 Å². The molecule has 3 heterocycles. The second-order valence-electron chi connectivity index (χ2n) is 4.18. The first-order valence-corrected chi connectivity index (χ1v) is 6.82. The van der Waals surface area contributed by atoms with Crippen molar-refractivity contribution in [1.82, 2.24) is 15.5 Å². The van der Waals surface area contributed by atoms with Crippen molar-refractivity contribution in [2.24, 2.45) is 4.99 Å². The van der Waals surface area contributed by atoms with Crippen LogP contribution in [0, 0.1) is 0 Å². The lowest BCUT2D eigenvalue weighted by molar-refractivity contribution is -0.114. The van der Waals surface area contributed by atoms with E-state index in [2.05, 4.69) is 20.5 Å². The molecule has 2 N–H and O–H groups in total. The molecule has 0 spiro atoms. The summed E-state index contributed by atoms with van der Waals surface area (Å²) in [6.45, 7) is 3.62. The Morgan fingerprint density at radius 1 is 1.37 bits per heavy atom. The minimum absolute atomic E-state index is 0. The molecule has 0 bridgehead atoms. The predicted molar refractivity (Wildman–Crippen MR) is 79.6 cm³/mol. The van der Waals surface area contributed by atoms with Gasteiger partial charge in [0.05, 0.1) is 0 Å². The molecule has 2 aliphatic heterocycles. The van der Waals surface area contributed by atoms with Crippen molar-refractivity contribution in [1.29, 1.82) is 0 Å². The Kier molecular flexibility index (Phi) is 4.57. The van der Waals surface area contributed by atoms with E-state index >= 15 is 0 Å². The molecule has 5 nitrogen and oxygen atoms in total. The lowest BCUT2D eigenvalue weighted by Crippen LogP contribution is -2.49. The van der Waals surface area contributed by atoms with Gasteiger partial charge in [-0.15, -0.1) is 23.7 Å². The maximum Gasteiger partial charge on any atom is 0.296 e. The van der Waals surface area contributed by atoms with Crippen LogP contribution in [0.4, 0.5) is 0 Å². The van der Waals surface area contributed by atoms with E-state index < -0.39 is 0 Å². The Morgan fingerprint density at radius 3 is 2.84 bits per heavy atom. The third-order valence-electron chi connectivity index (χ3n) is 2.93. The number of hydrogen-bond donors (Lipinski definition) is 2. The van der Waals surface area contributed by atoms with Crippen molar-refractivity contribution in [3.05, 3.63) is 28.1 Å². The first-order valence-electron chi connectivity index (χ1n) is 5.94. The number of amides is 1. The average molecular weight is 299 g/mol. The van der Waals surface area contributed by atoms with E-state index in [1.54, 1.807) is 11.3 Å².